The molecule has 0 bridgehead atoms. The molecule has 0 radical (unpaired) electrons. The zero-order valence-electron chi connectivity index (χ0n) is 22.9. The van der Waals surface area contributed by atoms with Gasteiger partial charge in [0, 0.05) is 0 Å². The Bertz CT molecular complexity index is 1060. The molecule has 3 aromatic rings. The van der Waals surface area contributed by atoms with Crippen molar-refractivity contribution in [3.63, 3.8) is 0 Å². The number of rotatable bonds is 12. The fourth-order valence-electron chi connectivity index (χ4n) is 4.57. The lowest BCUT2D eigenvalue weighted by atomic mass is 10.1. The fraction of sp³-hybridized carbons (Fsp3) is 0.400. The Morgan fingerprint density at radius 3 is 1.47 bits per heavy atom. The van der Waals surface area contributed by atoms with E-state index in [1.54, 1.807) is 6.07 Å². The lowest BCUT2D eigenvalue weighted by Gasteiger charge is -2.44. The predicted molar refractivity (Wildman–Crippen MR) is 174 cm³/mol. The Labute approximate surface area is 236 Å². The summed E-state index contributed by atoms with van der Waals surface area (Å²) in [6, 6.07) is 29.4. The van der Waals surface area contributed by atoms with Crippen LogP contribution in [0.5, 0.6) is 5.75 Å². The number of hydrogen-bond acceptors (Lipinski definition) is 4. The van der Waals surface area contributed by atoms with E-state index in [1.165, 1.54) is 0 Å². The second kappa shape index (κ2) is 14.0. The van der Waals surface area contributed by atoms with Crippen molar-refractivity contribution in [2.45, 2.75) is 79.6 Å². The molecule has 0 aliphatic heterocycles. The van der Waals surface area contributed by atoms with Crippen LogP contribution in [0.3, 0.4) is 0 Å². The van der Waals surface area contributed by atoms with E-state index in [0.29, 0.717) is 5.75 Å². The second-order valence-electron chi connectivity index (χ2n) is 11.5. The van der Waals surface area contributed by atoms with E-state index in [2.05, 4.69) is 94.4 Å². The van der Waals surface area contributed by atoms with Gasteiger partial charge in [0.15, 0.2) is 16.6 Å². The van der Waals surface area contributed by atoms with Crippen molar-refractivity contribution in [3.8, 4) is 5.75 Å². The average Bonchev–Trinajstić information content (AvgIpc) is 2.79. The Morgan fingerprint density at radius 2 is 1.03 bits per heavy atom. The Morgan fingerprint density at radius 1 is 0.579 bits per heavy atom. The van der Waals surface area contributed by atoms with Crippen molar-refractivity contribution in [3.05, 3.63) is 90.5 Å². The van der Waals surface area contributed by atoms with E-state index < -0.39 is 33.8 Å². The van der Waals surface area contributed by atoms with E-state index in [-0.39, 0.29) is 14.9 Å². The maximum absolute atomic E-state index is 10.3. The van der Waals surface area contributed by atoms with Gasteiger partial charge in [-0.2, -0.15) is 0 Å². The largest absolute Gasteiger partial charge is 0.508 e. The van der Waals surface area contributed by atoms with E-state index in [4.69, 9.17) is 12.3 Å². The van der Waals surface area contributed by atoms with Gasteiger partial charge < -0.3 is 17.5 Å². The minimum absolute atomic E-state index is 0. The number of aryl methyl sites for hydroxylation is 1. The SMILES string of the molecule is C.C.C[Si](C)(C)O[Si](C)(CCCc1ccccc1O)O[Si](O[Si](C)(C)C)(c1ccccc1)c1ccccc1. The minimum atomic E-state index is -3.09. The number of phenolic OH excluding ortho intramolecular Hbond substituents is 1. The molecule has 8 heteroatoms. The summed E-state index contributed by atoms with van der Waals surface area (Å²) in [6.07, 6.45) is 1.67. The number of hydrogen-bond donors (Lipinski definition) is 1. The minimum Gasteiger partial charge on any atom is -0.508 e. The molecule has 0 fully saturated rings. The van der Waals surface area contributed by atoms with E-state index in [1.807, 2.05) is 30.3 Å². The summed E-state index contributed by atoms with van der Waals surface area (Å²) in [6.45, 7) is 15.6. The average molecular weight is 587 g/mol. The highest BCUT2D eigenvalue weighted by atomic mass is 28.5. The molecule has 0 spiro atoms. The van der Waals surface area contributed by atoms with Gasteiger partial charge in [-0.15, -0.1) is 0 Å². The third-order valence-corrected chi connectivity index (χ3v) is 19.8. The lowest BCUT2D eigenvalue weighted by Crippen LogP contribution is -2.71. The van der Waals surface area contributed by atoms with Gasteiger partial charge in [-0.25, -0.2) is 0 Å². The first-order valence-electron chi connectivity index (χ1n) is 12.8. The first-order valence-corrected chi connectivity index (χ1v) is 24.0. The number of benzene rings is 3. The van der Waals surface area contributed by atoms with Crippen LogP contribution in [0.15, 0.2) is 84.9 Å². The Kier molecular flexibility index (Phi) is 12.6. The highest BCUT2D eigenvalue weighted by Crippen LogP contribution is 2.29. The maximum atomic E-state index is 10.3. The summed E-state index contributed by atoms with van der Waals surface area (Å²) < 4.78 is 21.6. The predicted octanol–water partition coefficient (Wildman–Crippen LogP) is 7.65. The van der Waals surface area contributed by atoms with Gasteiger partial charge in [0.1, 0.15) is 5.75 Å². The summed E-state index contributed by atoms with van der Waals surface area (Å²) in [5.41, 5.74) is 0.967. The fourth-order valence-corrected chi connectivity index (χ4v) is 21.8. The van der Waals surface area contributed by atoms with E-state index >= 15 is 0 Å². The molecule has 1 N–H and O–H groups in total. The van der Waals surface area contributed by atoms with Crippen LogP contribution >= 0.6 is 0 Å². The maximum Gasteiger partial charge on any atom is 0.388 e. The lowest BCUT2D eigenvalue weighted by molar-refractivity contribution is 0.333. The number of aromatic hydroxyl groups is 1. The summed E-state index contributed by atoms with van der Waals surface area (Å²) >= 11 is 0. The van der Waals surface area contributed by atoms with Gasteiger partial charge in [-0.3, -0.25) is 0 Å². The van der Waals surface area contributed by atoms with Crippen LogP contribution in [0.25, 0.3) is 0 Å². The third kappa shape index (κ3) is 9.75. The van der Waals surface area contributed by atoms with Crippen LogP contribution in [0.1, 0.15) is 26.8 Å². The van der Waals surface area contributed by atoms with Crippen LogP contribution in [0.4, 0.5) is 0 Å². The Hall–Kier alpha value is -1.79. The molecule has 0 amide bonds. The first-order chi connectivity index (χ1) is 16.8. The summed E-state index contributed by atoms with van der Waals surface area (Å²) in [5.74, 6) is 0.354. The molecule has 38 heavy (non-hydrogen) atoms. The zero-order chi connectivity index (χ0) is 26.5. The highest BCUT2D eigenvalue weighted by molar-refractivity contribution is 7.02. The number of phenols is 1. The smallest absolute Gasteiger partial charge is 0.388 e. The molecule has 0 saturated carbocycles. The van der Waals surface area contributed by atoms with Gasteiger partial charge in [-0.1, -0.05) is 93.7 Å². The topological polar surface area (TPSA) is 47.9 Å². The van der Waals surface area contributed by atoms with Crippen molar-refractivity contribution in [1.82, 2.24) is 0 Å². The molecule has 0 saturated heterocycles. The molecular weight excluding hydrogens is 537 g/mol. The molecule has 0 aliphatic rings. The van der Waals surface area contributed by atoms with Gasteiger partial charge >= 0.3 is 17.1 Å². The van der Waals surface area contributed by atoms with Crippen LogP contribution in [-0.4, -0.2) is 38.9 Å². The second-order valence-corrected chi connectivity index (χ2v) is 27.6. The molecule has 0 heterocycles. The standard InChI is InChI=1S/C28H42O4Si4.2CH4/c1-33(2,3)30-35(7,24-16-18-25-17-14-15-23-28(25)29)32-36(31-34(4,5)6,26-19-10-8-11-20-26)27-21-12-9-13-22-27;;/h8-15,17,19-23,29H,16,18,24H2,1-7H3;2*1H4. The van der Waals surface area contributed by atoms with Gasteiger partial charge in [-0.05, 0) is 86.7 Å². The van der Waals surface area contributed by atoms with Crippen molar-refractivity contribution in [2.75, 3.05) is 0 Å². The molecular formula is C30H50O4Si4. The molecule has 210 valence electrons. The van der Waals surface area contributed by atoms with Crippen molar-refractivity contribution in [1.29, 1.82) is 0 Å². The van der Waals surface area contributed by atoms with E-state index in [9.17, 15) is 5.11 Å². The summed E-state index contributed by atoms with van der Waals surface area (Å²) in [4.78, 5) is 0. The van der Waals surface area contributed by atoms with Crippen molar-refractivity contribution >= 4 is 44.1 Å². The molecule has 3 rings (SSSR count). The van der Waals surface area contributed by atoms with Crippen molar-refractivity contribution < 1.29 is 17.5 Å². The first kappa shape index (κ1) is 34.2. The summed E-state index contributed by atoms with van der Waals surface area (Å²) in [7, 11) is -9.76. The van der Waals surface area contributed by atoms with Crippen LogP contribution < -0.4 is 10.4 Å². The number of para-hydroxylation sites is 1. The third-order valence-electron chi connectivity index (χ3n) is 5.71. The quantitative estimate of drug-likeness (QED) is 0.222. The molecule has 1 atom stereocenters. The highest BCUT2D eigenvalue weighted by Gasteiger charge is 2.52. The zero-order valence-corrected chi connectivity index (χ0v) is 26.9. The van der Waals surface area contributed by atoms with Crippen LogP contribution in [0, 0.1) is 0 Å². The van der Waals surface area contributed by atoms with Gasteiger partial charge in [0.2, 0.25) is 0 Å². The van der Waals surface area contributed by atoms with Crippen LogP contribution in [0.2, 0.25) is 51.9 Å². The van der Waals surface area contributed by atoms with E-state index in [0.717, 1.165) is 34.8 Å². The monoisotopic (exact) mass is 586 g/mol. The van der Waals surface area contributed by atoms with Gasteiger partial charge in [0.25, 0.3) is 0 Å². The normalized spacial score (nSPS) is 13.7. The molecule has 4 nitrogen and oxygen atoms in total. The molecule has 1 unspecified atom stereocenters. The van der Waals surface area contributed by atoms with Gasteiger partial charge in [0.05, 0.1) is 0 Å². The van der Waals surface area contributed by atoms with Crippen LogP contribution in [-0.2, 0) is 18.8 Å². The molecule has 0 aliphatic carbocycles. The summed E-state index contributed by atoms with van der Waals surface area (Å²) in [5, 5.41) is 12.5. The van der Waals surface area contributed by atoms with Crippen molar-refractivity contribution in [2.24, 2.45) is 0 Å². The Balaban J connectivity index is 0.00000361. The molecule has 0 aromatic heterocycles. The molecule has 3 aromatic carbocycles.